The van der Waals surface area contributed by atoms with E-state index in [1.807, 2.05) is 0 Å². The fourth-order valence-corrected chi connectivity index (χ4v) is 3.49. The molecule has 3 rings (SSSR count). The second-order valence-corrected chi connectivity index (χ2v) is 7.02. The van der Waals surface area contributed by atoms with Gasteiger partial charge in [0.1, 0.15) is 0 Å². The number of esters is 1. The molecule has 0 radical (unpaired) electrons. The first-order valence-corrected chi connectivity index (χ1v) is 9.14. The Morgan fingerprint density at radius 3 is 2.92 bits per heavy atom. The van der Waals surface area contributed by atoms with Crippen molar-refractivity contribution in [2.45, 2.75) is 38.6 Å². The highest BCUT2D eigenvalue weighted by atomic mass is 35.5. The molecule has 1 heterocycles. The van der Waals surface area contributed by atoms with Crippen LogP contribution in [0.5, 0.6) is 11.5 Å². The second-order valence-electron chi connectivity index (χ2n) is 6.61. The number of nitrogens with one attached hydrogen (secondary N) is 1. The molecule has 2 atom stereocenters. The molecule has 1 aromatic carbocycles. The van der Waals surface area contributed by atoms with Crippen LogP contribution in [0.1, 0.15) is 38.2 Å². The van der Waals surface area contributed by atoms with Gasteiger partial charge in [-0.2, -0.15) is 0 Å². The van der Waals surface area contributed by atoms with Gasteiger partial charge in [0.15, 0.2) is 18.1 Å². The molecule has 0 aromatic heterocycles. The molecule has 1 aliphatic heterocycles. The minimum absolute atomic E-state index is 0.124. The SMILES string of the molecule is C[C@H]1CCCC[C@@H]1NC(=O)COC(=O)/C=C/c1cc(Cl)c2c(c1)OCO2. The van der Waals surface area contributed by atoms with Gasteiger partial charge in [-0.15, -0.1) is 0 Å². The van der Waals surface area contributed by atoms with Crippen molar-refractivity contribution in [1.29, 1.82) is 0 Å². The van der Waals surface area contributed by atoms with Crippen molar-refractivity contribution in [3.63, 3.8) is 0 Å². The number of rotatable bonds is 5. The number of halogens is 1. The molecule has 1 aromatic rings. The summed E-state index contributed by atoms with van der Waals surface area (Å²) < 4.78 is 15.5. The van der Waals surface area contributed by atoms with Gasteiger partial charge in [-0.05, 0) is 42.5 Å². The molecule has 6 nitrogen and oxygen atoms in total. The largest absolute Gasteiger partial charge is 0.454 e. The minimum Gasteiger partial charge on any atom is -0.454 e. The van der Waals surface area contributed by atoms with Crippen LogP contribution >= 0.6 is 11.6 Å². The van der Waals surface area contributed by atoms with Crippen LogP contribution in [-0.4, -0.2) is 31.3 Å². The topological polar surface area (TPSA) is 73.9 Å². The minimum atomic E-state index is -0.592. The quantitative estimate of drug-likeness (QED) is 0.627. The first kappa shape index (κ1) is 18.6. The third-order valence-electron chi connectivity index (χ3n) is 4.66. The lowest BCUT2D eigenvalue weighted by molar-refractivity contribution is -0.144. The van der Waals surface area contributed by atoms with Crippen molar-refractivity contribution in [1.82, 2.24) is 5.32 Å². The zero-order chi connectivity index (χ0) is 18.5. The molecule has 1 amide bonds. The molecule has 0 spiro atoms. The Morgan fingerprint density at radius 2 is 2.12 bits per heavy atom. The molecule has 0 unspecified atom stereocenters. The summed E-state index contributed by atoms with van der Waals surface area (Å²) in [4.78, 5) is 23.8. The number of hydrogen-bond acceptors (Lipinski definition) is 5. The van der Waals surface area contributed by atoms with Gasteiger partial charge in [0.2, 0.25) is 6.79 Å². The average Bonchev–Trinajstić information content (AvgIpc) is 3.09. The normalized spacial score (nSPS) is 21.6. The van der Waals surface area contributed by atoms with Crippen LogP contribution < -0.4 is 14.8 Å². The Labute approximate surface area is 157 Å². The lowest BCUT2D eigenvalue weighted by atomic mass is 9.86. The number of fused-ring (bicyclic) bond motifs is 1. The van der Waals surface area contributed by atoms with E-state index in [1.54, 1.807) is 18.2 Å². The Kier molecular flexibility index (Phi) is 6.04. The molecular weight excluding hydrogens is 358 g/mol. The van der Waals surface area contributed by atoms with Gasteiger partial charge in [-0.25, -0.2) is 4.79 Å². The standard InChI is InChI=1S/C19H22ClNO5/c1-12-4-2-3-5-15(12)21-17(22)10-24-18(23)7-6-13-8-14(20)19-16(9-13)25-11-26-19/h6-9,12,15H,2-5,10-11H2,1H3,(H,21,22)/b7-6+/t12-,15-/m0/s1. The molecule has 1 N–H and O–H groups in total. The summed E-state index contributed by atoms with van der Waals surface area (Å²) in [6, 6.07) is 3.55. The van der Waals surface area contributed by atoms with Crippen molar-refractivity contribution in [3.05, 3.63) is 28.8 Å². The molecule has 0 saturated heterocycles. The molecular formula is C19H22ClNO5. The number of carbonyl (C=O) groups excluding carboxylic acids is 2. The summed E-state index contributed by atoms with van der Waals surface area (Å²) >= 11 is 6.09. The van der Waals surface area contributed by atoms with E-state index in [-0.39, 0.29) is 25.3 Å². The van der Waals surface area contributed by atoms with Gasteiger partial charge in [0.05, 0.1) is 5.02 Å². The highest BCUT2D eigenvalue weighted by molar-refractivity contribution is 6.32. The van der Waals surface area contributed by atoms with E-state index < -0.39 is 5.97 Å². The lowest BCUT2D eigenvalue weighted by Gasteiger charge is -2.29. The smallest absolute Gasteiger partial charge is 0.331 e. The average molecular weight is 380 g/mol. The van der Waals surface area contributed by atoms with E-state index in [1.165, 1.54) is 12.5 Å². The Morgan fingerprint density at radius 1 is 1.31 bits per heavy atom. The molecule has 1 aliphatic carbocycles. The van der Waals surface area contributed by atoms with Gasteiger partial charge in [0.25, 0.3) is 5.91 Å². The molecule has 26 heavy (non-hydrogen) atoms. The summed E-state index contributed by atoms with van der Waals surface area (Å²) in [6.07, 6.45) is 7.23. The van der Waals surface area contributed by atoms with E-state index in [0.717, 1.165) is 19.3 Å². The van der Waals surface area contributed by atoms with E-state index in [4.69, 9.17) is 25.8 Å². The summed E-state index contributed by atoms with van der Waals surface area (Å²) in [5, 5.41) is 3.36. The van der Waals surface area contributed by atoms with Gasteiger partial charge >= 0.3 is 5.97 Å². The van der Waals surface area contributed by atoms with Crippen LogP contribution in [-0.2, 0) is 14.3 Å². The van der Waals surface area contributed by atoms with Gasteiger partial charge in [-0.1, -0.05) is 31.4 Å². The van der Waals surface area contributed by atoms with Crippen LogP contribution in [0.4, 0.5) is 0 Å². The predicted molar refractivity (Wildman–Crippen MR) is 97.1 cm³/mol. The van der Waals surface area contributed by atoms with Crippen LogP contribution in [0.25, 0.3) is 6.08 Å². The Bertz CT molecular complexity index is 718. The maximum Gasteiger partial charge on any atom is 0.331 e. The second kappa shape index (κ2) is 8.45. The third-order valence-corrected chi connectivity index (χ3v) is 4.95. The van der Waals surface area contributed by atoms with E-state index >= 15 is 0 Å². The summed E-state index contributed by atoms with van der Waals surface area (Å²) in [5.74, 6) is 0.632. The van der Waals surface area contributed by atoms with Gasteiger partial charge in [0, 0.05) is 12.1 Å². The molecule has 140 valence electrons. The molecule has 2 aliphatic rings. The first-order valence-electron chi connectivity index (χ1n) is 8.76. The molecule has 1 saturated carbocycles. The van der Waals surface area contributed by atoms with E-state index in [2.05, 4.69) is 12.2 Å². The van der Waals surface area contributed by atoms with Crippen molar-refractivity contribution >= 4 is 29.6 Å². The van der Waals surface area contributed by atoms with Crippen LogP contribution in [0.2, 0.25) is 5.02 Å². The number of amides is 1. The Balaban J connectivity index is 1.47. The zero-order valence-electron chi connectivity index (χ0n) is 14.6. The molecule has 1 fully saturated rings. The van der Waals surface area contributed by atoms with Crippen molar-refractivity contribution < 1.29 is 23.8 Å². The summed E-state index contributed by atoms with van der Waals surface area (Å²) in [6.45, 7) is 1.97. The first-order chi connectivity index (χ1) is 12.5. The highest BCUT2D eigenvalue weighted by Crippen LogP contribution is 2.40. The van der Waals surface area contributed by atoms with Crippen molar-refractivity contribution in [2.24, 2.45) is 5.92 Å². The summed E-state index contributed by atoms with van der Waals surface area (Å²) in [5.41, 5.74) is 0.677. The van der Waals surface area contributed by atoms with Gasteiger partial charge < -0.3 is 19.5 Å². The van der Waals surface area contributed by atoms with Crippen LogP contribution in [0.15, 0.2) is 18.2 Å². The fourth-order valence-electron chi connectivity index (χ4n) is 3.21. The van der Waals surface area contributed by atoms with Crippen molar-refractivity contribution in [2.75, 3.05) is 13.4 Å². The predicted octanol–water partition coefficient (Wildman–Crippen LogP) is 3.32. The fraction of sp³-hybridized carbons (Fsp3) is 0.474. The van der Waals surface area contributed by atoms with Crippen LogP contribution in [0, 0.1) is 5.92 Å². The lowest BCUT2D eigenvalue weighted by Crippen LogP contribution is -2.42. The third kappa shape index (κ3) is 4.69. The summed E-state index contributed by atoms with van der Waals surface area (Å²) in [7, 11) is 0. The number of carbonyl (C=O) groups is 2. The molecule has 0 bridgehead atoms. The molecule has 7 heteroatoms. The van der Waals surface area contributed by atoms with Gasteiger partial charge in [-0.3, -0.25) is 4.79 Å². The van der Waals surface area contributed by atoms with E-state index in [9.17, 15) is 9.59 Å². The number of benzene rings is 1. The number of hydrogen-bond donors (Lipinski definition) is 1. The maximum absolute atomic E-state index is 11.9. The monoisotopic (exact) mass is 379 g/mol. The maximum atomic E-state index is 11.9. The van der Waals surface area contributed by atoms with Crippen LogP contribution in [0.3, 0.4) is 0 Å². The highest BCUT2D eigenvalue weighted by Gasteiger charge is 2.23. The number of ether oxygens (including phenoxy) is 3. The van der Waals surface area contributed by atoms with E-state index in [0.29, 0.717) is 28.0 Å². The Hall–Kier alpha value is -2.21. The van der Waals surface area contributed by atoms with Crippen molar-refractivity contribution in [3.8, 4) is 11.5 Å². The zero-order valence-corrected chi connectivity index (χ0v) is 15.4.